The Kier molecular flexibility index (Phi) is 3.58. The van der Waals surface area contributed by atoms with E-state index in [1.54, 1.807) is 0 Å². The van der Waals surface area contributed by atoms with Crippen LogP contribution in [-0.4, -0.2) is 44.1 Å². The summed E-state index contributed by atoms with van der Waals surface area (Å²) in [6, 6.07) is 6.04. The predicted molar refractivity (Wildman–Crippen MR) is 99.1 cm³/mol. The molecule has 2 aliphatic rings. The Labute approximate surface area is 152 Å². The highest BCUT2D eigenvalue weighted by molar-refractivity contribution is 5.82. The van der Waals surface area contributed by atoms with Gasteiger partial charge < -0.3 is 9.88 Å². The lowest BCUT2D eigenvalue weighted by molar-refractivity contribution is -0.130. The summed E-state index contributed by atoms with van der Waals surface area (Å²) in [5.41, 5.74) is 6.85. The average Bonchev–Trinajstić information content (AvgIpc) is 3.34. The molecule has 0 radical (unpaired) electrons. The van der Waals surface area contributed by atoms with Gasteiger partial charge in [-0.3, -0.25) is 9.89 Å². The number of aryl methyl sites for hydroxylation is 1. The Morgan fingerprint density at radius 2 is 2.12 bits per heavy atom. The second-order valence-corrected chi connectivity index (χ2v) is 7.57. The first-order chi connectivity index (χ1) is 12.7. The van der Waals surface area contributed by atoms with Crippen molar-refractivity contribution in [2.75, 3.05) is 13.1 Å². The van der Waals surface area contributed by atoms with Gasteiger partial charge in [-0.1, -0.05) is 6.07 Å². The first-order valence-electron chi connectivity index (χ1n) is 9.46. The molecule has 6 heteroatoms. The van der Waals surface area contributed by atoms with Gasteiger partial charge in [-0.2, -0.15) is 5.10 Å². The van der Waals surface area contributed by atoms with Crippen LogP contribution in [-0.2, 0) is 24.1 Å². The van der Waals surface area contributed by atoms with Crippen molar-refractivity contribution < 1.29 is 4.79 Å². The van der Waals surface area contributed by atoms with E-state index in [1.807, 2.05) is 30.0 Å². The Morgan fingerprint density at radius 3 is 2.96 bits per heavy atom. The van der Waals surface area contributed by atoms with Gasteiger partial charge >= 0.3 is 0 Å². The highest BCUT2D eigenvalue weighted by Gasteiger charge is 2.31. The number of carbonyl (C=O) groups excluding carboxylic acids is 1. The van der Waals surface area contributed by atoms with Gasteiger partial charge in [0.2, 0.25) is 5.91 Å². The van der Waals surface area contributed by atoms with E-state index in [-0.39, 0.29) is 5.91 Å². The van der Waals surface area contributed by atoms with Crippen LogP contribution >= 0.6 is 0 Å². The summed E-state index contributed by atoms with van der Waals surface area (Å²) in [5.74, 6) is 1.76. The van der Waals surface area contributed by atoms with Crippen molar-refractivity contribution in [3.63, 3.8) is 0 Å². The van der Waals surface area contributed by atoms with E-state index in [2.05, 4.69) is 20.2 Å². The normalized spacial score (nSPS) is 17.3. The molecule has 3 heterocycles. The molecule has 0 unspecified atom stereocenters. The molecule has 5 rings (SSSR count). The number of imidazole rings is 1. The minimum atomic E-state index is 0.201. The number of carbonyl (C=O) groups is 1. The number of H-pyrrole nitrogens is 2. The first kappa shape index (κ1) is 15.6. The van der Waals surface area contributed by atoms with Crippen LogP contribution in [0.5, 0.6) is 0 Å². The lowest BCUT2D eigenvalue weighted by atomic mass is 10.1. The van der Waals surface area contributed by atoms with Crippen molar-refractivity contribution in [3.05, 3.63) is 46.5 Å². The molecule has 2 N–H and O–H groups in total. The van der Waals surface area contributed by atoms with Crippen LogP contribution in [0.2, 0.25) is 0 Å². The van der Waals surface area contributed by atoms with Crippen LogP contribution in [0.25, 0.3) is 11.0 Å². The average molecular weight is 349 g/mol. The van der Waals surface area contributed by atoms with E-state index in [0.29, 0.717) is 12.3 Å². The molecule has 0 bridgehead atoms. The molecule has 0 atom stereocenters. The van der Waals surface area contributed by atoms with Gasteiger partial charge in [0.1, 0.15) is 5.82 Å². The molecule has 1 aliphatic heterocycles. The first-order valence-corrected chi connectivity index (χ1v) is 9.46. The van der Waals surface area contributed by atoms with Gasteiger partial charge in [-0.15, -0.1) is 0 Å². The molecular formula is C20H23N5O. The lowest BCUT2D eigenvalue weighted by Crippen LogP contribution is -2.34. The number of rotatable bonds is 3. The number of fused-ring (bicyclic) bond motifs is 2. The minimum Gasteiger partial charge on any atom is -0.342 e. The van der Waals surface area contributed by atoms with Crippen LogP contribution in [0.1, 0.15) is 47.1 Å². The van der Waals surface area contributed by atoms with E-state index in [4.69, 9.17) is 0 Å². The largest absolute Gasteiger partial charge is 0.342 e. The number of amides is 1. The molecule has 0 saturated heterocycles. The quantitative estimate of drug-likeness (QED) is 0.763. The maximum atomic E-state index is 12.8. The van der Waals surface area contributed by atoms with E-state index in [1.165, 1.54) is 29.8 Å². The van der Waals surface area contributed by atoms with E-state index >= 15 is 0 Å². The maximum Gasteiger partial charge on any atom is 0.227 e. The van der Waals surface area contributed by atoms with Crippen LogP contribution in [0.3, 0.4) is 0 Å². The van der Waals surface area contributed by atoms with Crippen molar-refractivity contribution >= 4 is 16.9 Å². The van der Waals surface area contributed by atoms with Gasteiger partial charge in [0.05, 0.1) is 23.1 Å². The fourth-order valence-electron chi connectivity index (χ4n) is 4.03. The van der Waals surface area contributed by atoms with E-state index < -0.39 is 0 Å². The SMILES string of the molecule is Cc1nc2ccc(CC(=O)N3CCc4[nH]nc(C5CC5)c4CC3)cc2[nH]1. The van der Waals surface area contributed by atoms with E-state index in [9.17, 15) is 4.79 Å². The zero-order chi connectivity index (χ0) is 17.7. The van der Waals surface area contributed by atoms with Gasteiger partial charge in [0, 0.05) is 31.1 Å². The molecule has 2 aromatic heterocycles. The summed E-state index contributed by atoms with van der Waals surface area (Å²) in [6.45, 7) is 3.50. The van der Waals surface area contributed by atoms with Crippen molar-refractivity contribution in [3.8, 4) is 0 Å². The third-order valence-corrected chi connectivity index (χ3v) is 5.59. The van der Waals surface area contributed by atoms with Crippen LogP contribution in [0, 0.1) is 6.92 Å². The van der Waals surface area contributed by atoms with Crippen LogP contribution < -0.4 is 0 Å². The number of benzene rings is 1. The topological polar surface area (TPSA) is 77.7 Å². The molecule has 1 fully saturated rings. The standard InChI is InChI=1S/C20H23N5O/c1-12-21-17-5-2-13(10-18(17)22-12)11-19(26)25-8-6-15-16(7-9-25)23-24-20(15)14-3-4-14/h2,5,10,14H,3-4,6-9,11H2,1H3,(H,21,22)(H,23,24). The molecular weight excluding hydrogens is 326 g/mol. The van der Waals surface area contributed by atoms with Crippen molar-refractivity contribution in [1.29, 1.82) is 0 Å². The number of nitrogens with one attached hydrogen (secondary N) is 2. The smallest absolute Gasteiger partial charge is 0.227 e. The summed E-state index contributed by atoms with van der Waals surface area (Å²) < 4.78 is 0. The highest BCUT2D eigenvalue weighted by atomic mass is 16.2. The third kappa shape index (κ3) is 2.79. The molecule has 6 nitrogen and oxygen atoms in total. The van der Waals surface area contributed by atoms with Gasteiger partial charge in [0.25, 0.3) is 0 Å². The molecule has 134 valence electrons. The van der Waals surface area contributed by atoms with Gasteiger partial charge in [-0.05, 0) is 49.4 Å². The highest BCUT2D eigenvalue weighted by Crippen LogP contribution is 2.41. The number of aromatic nitrogens is 4. The number of aromatic amines is 2. The van der Waals surface area contributed by atoms with Crippen molar-refractivity contribution in [2.45, 2.75) is 44.9 Å². The zero-order valence-corrected chi connectivity index (χ0v) is 15.0. The molecule has 1 aromatic carbocycles. The maximum absolute atomic E-state index is 12.8. The number of hydrogen-bond acceptors (Lipinski definition) is 3. The zero-order valence-electron chi connectivity index (χ0n) is 15.0. The second-order valence-electron chi connectivity index (χ2n) is 7.57. The predicted octanol–water partition coefficient (Wildman–Crippen LogP) is 2.64. The number of nitrogens with zero attached hydrogens (tertiary/aromatic N) is 3. The molecule has 1 amide bonds. The summed E-state index contributed by atoms with van der Waals surface area (Å²) in [4.78, 5) is 22.5. The Balaban J connectivity index is 1.29. The van der Waals surface area contributed by atoms with Gasteiger partial charge in [0.15, 0.2) is 0 Å². The second kappa shape index (κ2) is 5.97. The van der Waals surface area contributed by atoms with Crippen molar-refractivity contribution in [2.24, 2.45) is 0 Å². The van der Waals surface area contributed by atoms with Crippen LogP contribution in [0.4, 0.5) is 0 Å². The lowest BCUT2D eigenvalue weighted by Gasteiger charge is -2.20. The summed E-state index contributed by atoms with van der Waals surface area (Å²) in [6.07, 6.45) is 4.75. The molecule has 26 heavy (non-hydrogen) atoms. The summed E-state index contributed by atoms with van der Waals surface area (Å²) in [7, 11) is 0. The number of hydrogen-bond donors (Lipinski definition) is 2. The monoisotopic (exact) mass is 349 g/mol. The fourth-order valence-corrected chi connectivity index (χ4v) is 4.03. The molecule has 1 saturated carbocycles. The molecule has 3 aromatic rings. The Hall–Kier alpha value is -2.63. The fraction of sp³-hybridized carbons (Fsp3) is 0.450. The Bertz CT molecular complexity index is 981. The Morgan fingerprint density at radius 1 is 1.27 bits per heavy atom. The summed E-state index contributed by atoms with van der Waals surface area (Å²) in [5, 5.41) is 7.75. The van der Waals surface area contributed by atoms with E-state index in [0.717, 1.165) is 48.4 Å². The van der Waals surface area contributed by atoms with Crippen LogP contribution in [0.15, 0.2) is 18.2 Å². The molecule has 1 aliphatic carbocycles. The molecule has 0 spiro atoms. The third-order valence-electron chi connectivity index (χ3n) is 5.59. The van der Waals surface area contributed by atoms with Crippen molar-refractivity contribution in [1.82, 2.24) is 25.1 Å². The van der Waals surface area contributed by atoms with Gasteiger partial charge in [-0.25, -0.2) is 4.98 Å². The summed E-state index contributed by atoms with van der Waals surface area (Å²) >= 11 is 0. The minimum absolute atomic E-state index is 0.201.